The molecule has 0 radical (unpaired) electrons. The van der Waals surface area contributed by atoms with Gasteiger partial charge in [-0.25, -0.2) is 0 Å². The van der Waals surface area contributed by atoms with E-state index in [1.165, 1.54) is 5.56 Å². The van der Waals surface area contributed by atoms with Crippen molar-refractivity contribution in [2.45, 2.75) is 32.9 Å². The van der Waals surface area contributed by atoms with Crippen molar-refractivity contribution in [1.29, 1.82) is 0 Å². The molecule has 1 amide bonds. The Morgan fingerprint density at radius 1 is 1.09 bits per heavy atom. The van der Waals surface area contributed by atoms with Gasteiger partial charge >= 0.3 is 0 Å². The molecule has 3 heterocycles. The highest BCUT2D eigenvalue weighted by molar-refractivity contribution is 6.32. The predicted molar refractivity (Wildman–Crippen MR) is 124 cm³/mol. The maximum atomic E-state index is 13.6. The third-order valence-corrected chi connectivity index (χ3v) is 6.43. The van der Waals surface area contributed by atoms with Crippen LogP contribution in [0.3, 0.4) is 0 Å². The first-order chi connectivity index (χ1) is 15.5. The van der Waals surface area contributed by atoms with Gasteiger partial charge in [0.05, 0.1) is 17.0 Å². The molecule has 0 bridgehead atoms. The minimum Gasteiger partial charge on any atom is -0.450 e. The summed E-state index contributed by atoms with van der Waals surface area (Å²) in [5, 5.41) is 0.871. The first-order valence-electron chi connectivity index (χ1n) is 10.5. The fourth-order valence-corrected chi connectivity index (χ4v) is 4.44. The van der Waals surface area contributed by atoms with Gasteiger partial charge in [0.2, 0.25) is 5.76 Å². The van der Waals surface area contributed by atoms with E-state index in [1.54, 1.807) is 29.4 Å². The molecule has 2 aromatic carbocycles. The molecular formula is C26H21ClN2O3. The Morgan fingerprint density at radius 3 is 2.56 bits per heavy atom. The number of hydrogen-bond acceptors (Lipinski definition) is 4. The van der Waals surface area contributed by atoms with Gasteiger partial charge in [-0.1, -0.05) is 48.9 Å². The molecule has 0 unspecified atom stereocenters. The van der Waals surface area contributed by atoms with Crippen molar-refractivity contribution in [2.75, 3.05) is 0 Å². The second-order valence-electron chi connectivity index (χ2n) is 8.06. The van der Waals surface area contributed by atoms with Crippen molar-refractivity contribution in [3.63, 3.8) is 0 Å². The van der Waals surface area contributed by atoms with Crippen LogP contribution in [0, 0.1) is 6.92 Å². The molecule has 1 aliphatic rings. The van der Waals surface area contributed by atoms with Gasteiger partial charge in [-0.15, -0.1) is 0 Å². The lowest BCUT2D eigenvalue weighted by molar-refractivity contribution is 0.0714. The van der Waals surface area contributed by atoms with Crippen molar-refractivity contribution in [3.8, 4) is 0 Å². The summed E-state index contributed by atoms with van der Waals surface area (Å²) >= 11 is 6.30. The first-order valence-corrected chi connectivity index (χ1v) is 10.9. The van der Waals surface area contributed by atoms with Crippen LogP contribution >= 0.6 is 11.6 Å². The highest BCUT2D eigenvalue weighted by atomic mass is 35.5. The number of nitrogens with zero attached hydrogens (tertiary/aromatic N) is 2. The van der Waals surface area contributed by atoms with Gasteiger partial charge in [0.25, 0.3) is 5.91 Å². The smallest absolute Gasteiger partial charge is 0.291 e. The van der Waals surface area contributed by atoms with Gasteiger partial charge in [0.15, 0.2) is 5.43 Å². The average molecular weight is 445 g/mol. The summed E-state index contributed by atoms with van der Waals surface area (Å²) in [7, 11) is 0. The highest BCUT2D eigenvalue weighted by Gasteiger charge is 2.42. The molecule has 0 N–H and O–H groups in total. The molecule has 0 aliphatic carbocycles. The summed E-state index contributed by atoms with van der Waals surface area (Å²) in [6.07, 6.45) is 4.32. The van der Waals surface area contributed by atoms with Gasteiger partial charge < -0.3 is 9.32 Å². The largest absolute Gasteiger partial charge is 0.450 e. The van der Waals surface area contributed by atoms with Gasteiger partial charge in [0, 0.05) is 24.0 Å². The van der Waals surface area contributed by atoms with Gasteiger partial charge in [-0.2, -0.15) is 0 Å². The summed E-state index contributed by atoms with van der Waals surface area (Å²) in [6.45, 7) is 4.24. The Bertz CT molecular complexity index is 1400. The molecule has 0 saturated heterocycles. The average Bonchev–Trinajstić information content (AvgIpc) is 3.08. The van der Waals surface area contributed by atoms with E-state index in [9.17, 15) is 9.59 Å². The molecule has 5 nitrogen and oxygen atoms in total. The molecule has 1 aliphatic heterocycles. The van der Waals surface area contributed by atoms with Crippen LogP contribution in [-0.4, -0.2) is 15.8 Å². The molecule has 0 fully saturated rings. The summed E-state index contributed by atoms with van der Waals surface area (Å²) in [5.41, 5.74) is 4.21. The molecule has 0 saturated carbocycles. The van der Waals surface area contributed by atoms with E-state index in [4.69, 9.17) is 16.0 Å². The van der Waals surface area contributed by atoms with Crippen molar-refractivity contribution in [2.24, 2.45) is 0 Å². The van der Waals surface area contributed by atoms with E-state index in [0.29, 0.717) is 28.1 Å². The Balaban J connectivity index is 1.73. The number of fused-ring (bicyclic) bond motifs is 2. The lowest BCUT2D eigenvalue weighted by atomic mass is 9.97. The first kappa shape index (κ1) is 20.5. The van der Waals surface area contributed by atoms with Crippen LogP contribution in [-0.2, 0) is 13.0 Å². The summed E-state index contributed by atoms with van der Waals surface area (Å²) in [6, 6.07) is 14.6. The van der Waals surface area contributed by atoms with Crippen LogP contribution in [0.5, 0.6) is 0 Å². The number of hydrogen-bond donors (Lipinski definition) is 0. The maximum Gasteiger partial charge on any atom is 0.291 e. The van der Waals surface area contributed by atoms with Crippen LogP contribution in [0.1, 0.15) is 51.3 Å². The van der Waals surface area contributed by atoms with Gasteiger partial charge in [-0.3, -0.25) is 14.6 Å². The van der Waals surface area contributed by atoms with Crippen LogP contribution in [0.25, 0.3) is 11.0 Å². The number of aromatic nitrogens is 1. The van der Waals surface area contributed by atoms with Crippen LogP contribution in [0.15, 0.2) is 70.1 Å². The highest BCUT2D eigenvalue weighted by Crippen LogP contribution is 2.39. The van der Waals surface area contributed by atoms with Gasteiger partial charge in [0.1, 0.15) is 5.58 Å². The summed E-state index contributed by atoms with van der Waals surface area (Å²) in [5.74, 6) is -0.210. The minimum atomic E-state index is -0.552. The van der Waals surface area contributed by atoms with E-state index < -0.39 is 6.04 Å². The van der Waals surface area contributed by atoms with Crippen LogP contribution in [0.2, 0.25) is 5.02 Å². The SMILES string of the molecule is CCc1ccc([C@H]2c3c(oc4cc(C)c(Cl)cc4c3=O)C(=O)N2Cc2cccnc2)cc1. The van der Waals surface area contributed by atoms with E-state index in [-0.39, 0.29) is 17.1 Å². The fourth-order valence-electron chi connectivity index (χ4n) is 4.27. The van der Waals surface area contributed by atoms with Crippen molar-refractivity contribution in [1.82, 2.24) is 9.88 Å². The number of rotatable bonds is 4. The Morgan fingerprint density at radius 2 is 1.88 bits per heavy atom. The number of carbonyl (C=O) groups excluding carboxylic acids is 1. The van der Waals surface area contributed by atoms with Crippen molar-refractivity contribution < 1.29 is 9.21 Å². The monoisotopic (exact) mass is 444 g/mol. The quantitative estimate of drug-likeness (QED) is 0.419. The number of amides is 1. The van der Waals surface area contributed by atoms with Crippen LogP contribution < -0.4 is 5.43 Å². The molecule has 5 rings (SSSR count). The number of benzene rings is 2. The maximum absolute atomic E-state index is 13.6. The lowest BCUT2D eigenvalue weighted by Gasteiger charge is -2.25. The molecule has 6 heteroatoms. The second kappa shape index (κ2) is 7.92. The Labute approximate surface area is 190 Å². The topological polar surface area (TPSA) is 63.4 Å². The molecular weight excluding hydrogens is 424 g/mol. The van der Waals surface area contributed by atoms with Crippen molar-refractivity contribution >= 4 is 28.5 Å². The predicted octanol–water partition coefficient (Wildman–Crippen LogP) is 5.46. The zero-order chi connectivity index (χ0) is 22.4. The number of carbonyl (C=O) groups is 1. The number of halogens is 1. The van der Waals surface area contributed by atoms with Crippen molar-refractivity contribution in [3.05, 3.63) is 110 Å². The van der Waals surface area contributed by atoms with E-state index in [0.717, 1.165) is 23.1 Å². The summed E-state index contributed by atoms with van der Waals surface area (Å²) < 4.78 is 6.03. The number of aryl methyl sites for hydroxylation is 2. The zero-order valence-corrected chi connectivity index (χ0v) is 18.5. The van der Waals surface area contributed by atoms with Gasteiger partial charge in [-0.05, 0) is 53.8 Å². The Hall–Kier alpha value is -3.44. The normalized spacial score (nSPS) is 15.4. The molecule has 160 valence electrons. The van der Waals surface area contributed by atoms with E-state index in [1.807, 2.05) is 43.3 Å². The Kier molecular flexibility index (Phi) is 5.06. The number of pyridine rings is 1. The molecule has 32 heavy (non-hydrogen) atoms. The minimum absolute atomic E-state index is 0.0951. The fraction of sp³-hybridized carbons (Fsp3) is 0.192. The zero-order valence-electron chi connectivity index (χ0n) is 17.8. The standard InChI is InChI=1S/C26H21ClN2O3/c1-3-16-6-8-18(9-7-16)23-22-24(30)19-12-20(27)15(2)11-21(19)32-25(22)26(31)29(23)14-17-5-4-10-28-13-17/h4-13,23H,3,14H2,1-2H3/t23-/m0/s1. The van der Waals surface area contributed by atoms with E-state index in [2.05, 4.69) is 11.9 Å². The van der Waals surface area contributed by atoms with E-state index >= 15 is 0 Å². The molecule has 1 atom stereocenters. The molecule has 2 aromatic heterocycles. The summed E-state index contributed by atoms with van der Waals surface area (Å²) in [4.78, 5) is 33.0. The third kappa shape index (κ3) is 3.30. The lowest BCUT2D eigenvalue weighted by Crippen LogP contribution is -2.29. The second-order valence-corrected chi connectivity index (χ2v) is 8.47. The molecule has 4 aromatic rings. The third-order valence-electron chi connectivity index (χ3n) is 6.03. The van der Waals surface area contributed by atoms with Crippen LogP contribution in [0.4, 0.5) is 0 Å². The molecule has 0 spiro atoms.